The number of aliphatic carboxylic acids is 1. The van der Waals surface area contributed by atoms with Crippen molar-refractivity contribution in [2.75, 3.05) is 13.2 Å². The van der Waals surface area contributed by atoms with Crippen LogP contribution in [0.15, 0.2) is 72.8 Å². The van der Waals surface area contributed by atoms with Gasteiger partial charge >= 0.3 is 18.4 Å². The number of rotatable bonds is 7. The van der Waals surface area contributed by atoms with E-state index in [1.165, 1.54) is 24.3 Å². The first kappa shape index (κ1) is 25.6. The first-order valence-electron chi connectivity index (χ1n) is 12.0. The smallest absolute Gasteiger partial charge is 0.480 e. The van der Waals surface area contributed by atoms with Gasteiger partial charge in [-0.05, 0) is 39.9 Å². The van der Waals surface area contributed by atoms with E-state index < -0.39 is 30.6 Å². The Balaban J connectivity index is 1.20. The van der Waals surface area contributed by atoms with Crippen LogP contribution in [0.1, 0.15) is 29.0 Å². The van der Waals surface area contributed by atoms with Gasteiger partial charge in [0.1, 0.15) is 18.4 Å². The summed E-state index contributed by atoms with van der Waals surface area (Å²) in [6, 6.07) is 19.9. The van der Waals surface area contributed by atoms with Gasteiger partial charge in [0, 0.05) is 12.3 Å². The molecule has 0 bridgehead atoms. The van der Waals surface area contributed by atoms with Crippen molar-refractivity contribution < 1.29 is 42.1 Å². The first-order chi connectivity index (χ1) is 18.2. The number of amides is 1. The number of carbonyl (C=O) groups excluding carboxylic acids is 1. The Bertz CT molecular complexity index is 1280. The summed E-state index contributed by atoms with van der Waals surface area (Å²) in [7, 11) is 0. The van der Waals surface area contributed by atoms with Gasteiger partial charge in [0.25, 0.3) is 0 Å². The van der Waals surface area contributed by atoms with Crippen LogP contribution in [-0.4, -0.2) is 53.7 Å². The molecule has 0 saturated carbocycles. The summed E-state index contributed by atoms with van der Waals surface area (Å²) in [4.78, 5) is 26.0. The van der Waals surface area contributed by atoms with Crippen LogP contribution in [0.5, 0.6) is 5.75 Å². The second-order valence-electron chi connectivity index (χ2n) is 9.17. The average Bonchev–Trinajstić information content (AvgIpc) is 3.46. The molecule has 1 fully saturated rings. The van der Waals surface area contributed by atoms with Crippen molar-refractivity contribution in [3.8, 4) is 16.9 Å². The third-order valence-electron chi connectivity index (χ3n) is 6.76. The van der Waals surface area contributed by atoms with E-state index in [-0.39, 0.29) is 37.8 Å². The summed E-state index contributed by atoms with van der Waals surface area (Å²) in [6.45, 7) is 0.109. The highest BCUT2D eigenvalue weighted by Gasteiger charge is 2.42. The number of likely N-dealkylation sites (tertiary alicyclic amines) is 1. The predicted octanol–water partition coefficient (Wildman–Crippen LogP) is 5.58. The quantitative estimate of drug-likeness (QED) is 0.432. The van der Waals surface area contributed by atoms with E-state index in [1.807, 2.05) is 48.5 Å². The summed E-state index contributed by atoms with van der Waals surface area (Å²) < 4.78 is 52.3. The number of fused-ring (bicyclic) bond motifs is 3. The molecular formula is C28H24F3NO6. The third kappa shape index (κ3) is 5.45. The number of carboxylic acids is 1. The highest BCUT2D eigenvalue weighted by molar-refractivity contribution is 5.81. The predicted molar refractivity (Wildman–Crippen MR) is 130 cm³/mol. The lowest BCUT2D eigenvalue weighted by atomic mass is 9.98. The summed E-state index contributed by atoms with van der Waals surface area (Å²) in [5.74, 6) is -1.68. The van der Waals surface area contributed by atoms with Crippen LogP contribution in [0.4, 0.5) is 18.0 Å². The minimum atomic E-state index is -4.78. The van der Waals surface area contributed by atoms with Crippen LogP contribution >= 0.6 is 0 Å². The van der Waals surface area contributed by atoms with E-state index in [0.29, 0.717) is 5.56 Å². The number of hydrogen-bond donors (Lipinski definition) is 1. The fraction of sp³-hybridized carbons (Fsp3) is 0.286. The fourth-order valence-electron chi connectivity index (χ4n) is 5.03. The molecule has 0 radical (unpaired) electrons. The number of benzene rings is 3. The molecule has 38 heavy (non-hydrogen) atoms. The van der Waals surface area contributed by atoms with Crippen LogP contribution in [0.2, 0.25) is 0 Å². The highest BCUT2D eigenvalue weighted by atomic mass is 19.4. The Hall–Kier alpha value is -4.05. The molecule has 3 aromatic rings. The van der Waals surface area contributed by atoms with E-state index in [4.69, 9.17) is 9.47 Å². The van der Waals surface area contributed by atoms with Crippen molar-refractivity contribution in [1.29, 1.82) is 0 Å². The Labute approximate surface area is 216 Å². The van der Waals surface area contributed by atoms with E-state index in [0.717, 1.165) is 27.2 Å². The minimum Gasteiger partial charge on any atom is -0.480 e. The molecule has 7 nitrogen and oxygen atoms in total. The zero-order valence-electron chi connectivity index (χ0n) is 20.1. The molecule has 0 aromatic heterocycles. The molecule has 198 valence electrons. The maximum Gasteiger partial charge on any atom is 0.573 e. The number of nitrogens with zero attached hydrogens (tertiary/aromatic N) is 1. The van der Waals surface area contributed by atoms with Gasteiger partial charge in [-0.2, -0.15) is 0 Å². The van der Waals surface area contributed by atoms with E-state index in [2.05, 4.69) is 4.74 Å². The molecule has 2 atom stereocenters. The van der Waals surface area contributed by atoms with Gasteiger partial charge < -0.3 is 19.3 Å². The molecule has 1 N–H and O–H groups in total. The number of alkyl halides is 3. The molecule has 0 spiro atoms. The van der Waals surface area contributed by atoms with Gasteiger partial charge in [-0.3, -0.25) is 4.90 Å². The molecule has 2 aliphatic rings. The van der Waals surface area contributed by atoms with Gasteiger partial charge in [0.15, 0.2) is 0 Å². The van der Waals surface area contributed by atoms with E-state index in [1.54, 1.807) is 0 Å². The van der Waals surface area contributed by atoms with Crippen molar-refractivity contribution in [3.05, 3.63) is 89.5 Å². The lowest BCUT2D eigenvalue weighted by molar-refractivity contribution is -0.274. The number of carboxylic acid groups (broad SMARTS) is 1. The monoisotopic (exact) mass is 527 g/mol. The van der Waals surface area contributed by atoms with E-state index >= 15 is 0 Å². The lowest BCUT2D eigenvalue weighted by Gasteiger charge is -2.22. The van der Waals surface area contributed by atoms with Crippen LogP contribution in [0.3, 0.4) is 0 Å². The number of hydrogen-bond acceptors (Lipinski definition) is 5. The SMILES string of the molecule is O=C(O)[C@@H]1C[C@@H](OCc2ccc(OC(F)(F)F)cc2)CN1C(=O)OCC1c2ccccc2-c2ccccc21. The summed E-state index contributed by atoms with van der Waals surface area (Å²) >= 11 is 0. The molecule has 0 unspecified atom stereocenters. The van der Waals surface area contributed by atoms with Gasteiger partial charge in [-0.25, -0.2) is 9.59 Å². The second kappa shape index (κ2) is 10.4. The maximum absolute atomic E-state index is 13.0. The molecule has 1 saturated heterocycles. The Morgan fingerprint density at radius 1 is 0.921 bits per heavy atom. The molecule has 1 amide bonds. The van der Waals surface area contributed by atoms with Crippen molar-refractivity contribution >= 4 is 12.1 Å². The first-order valence-corrected chi connectivity index (χ1v) is 12.0. The number of carbonyl (C=O) groups is 2. The van der Waals surface area contributed by atoms with Crippen LogP contribution in [0, 0.1) is 0 Å². The van der Waals surface area contributed by atoms with Crippen LogP contribution in [-0.2, 0) is 20.9 Å². The summed E-state index contributed by atoms with van der Waals surface area (Å²) in [6.07, 6.45) is -6.04. The summed E-state index contributed by atoms with van der Waals surface area (Å²) in [5, 5.41) is 9.69. The molecule has 1 heterocycles. The fourth-order valence-corrected chi connectivity index (χ4v) is 5.03. The zero-order chi connectivity index (χ0) is 26.9. The van der Waals surface area contributed by atoms with Crippen LogP contribution < -0.4 is 4.74 Å². The zero-order valence-corrected chi connectivity index (χ0v) is 20.1. The van der Waals surface area contributed by atoms with E-state index in [9.17, 15) is 27.9 Å². The Morgan fingerprint density at radius 2 is 1.53 bits per heavy atom. The van der Waals surface area contributed by atoms with Crippen LogP contribution in [0.25, 0.3) is 11.1 Å². The topological polar surface area (TPSA) is 85.3 Å². The third-order valence-corrected chi connectivity index (χ3v) is 6.76. The molecule has 10 heteroatoms. The standard InChI is InChI=1S/C28H24F3NO6/c29-28(30,31)38-18-11-9-17(10-12-18)15-36-19-13-25(26(33)34)32(14-19)27(35)37-16-24-22-7-3-1-5-20(22)21-6-2-4-8-23(21)24/h1-12,19,24-25H,13-16H2,(H,33,34)/t19-,25+/m1/s1. The van der Waals surface area contributed by atoms with Gasteiger partial charge in [0.05, 0.1) is 19.3 Å². The normalized spacial score (nSPS) is 18.7. The number of ether oxygens (including phenoxy) is 3. The maximum atomic E-state index is 13.0. The summed E-state index contributed by atoms with van der Waals surface area (Å²) in [5.41, 5.74) is 4.84. The Morgan fingerprint density at radius 3 is 2.11 bits per heavy atom. The van der Waals surface area contributed by atoms with Gasteiger partial charge in [-0.15, -0.1) is 13.2 Å². The van der Waals surface area contributed by atoms with Gasteiger partial charge in [0.2, 0.25) is 0 Å². The van der Waals surface area contributed by atoms with Crippen molar-refractivity contribution in [1.82, 2.24) is 4.90 Å². The second-order valence-corrected chi connectivity index (χ2v) is 9.17. The highest BCUT2D eigenvalue weighted by Crippen LogP contribution is 2.44. The van der Waals surface area contributed by atoms with Crippen molar-refractivity contribution in [3.63, 3.8) is 0 Å². The van der Waals surface area contributed by atoms with Crippen molar-refractivity contribution in [2.45, 2.75) is 37.5 Å². The average molecular weight is 527 g/mol. The van der Waals surface area contributed by atoms with Gasteiger partial charge in [-0.1, -0.05) is 60.7 Å². The number of halogens is 3. The minimum absolute atomic E-state index is 0.0168. The lowest BCUT2D eigenvalue weighted by Crippen LogP contribution is -2.41. The molecule has 3 aromatic carbocycles. The molecule has 1 aliphatic heterocycles. The molecule has 1 aliphatic carbocycles. The molecular weight excluding hydrogens is 503 g/mol. The van der Waals surface area contributed by atoms with Crippen molar-refractivity contribution in [2.24, 2.45) is 0 Å². The Kier molecular flexibility index (Phi) is 6.98. The molecule has 5 rings (SSSR count). The largest absolute Gasteiger partial charge is 0.573 e.